The molecule has 4 heterocycles. The van der Waals surface area contributed by atoms with Crippen LogP contribution in [0.1, 0.15) is 20.2 Å². The Kier molecular flexibility index (Phi) is 4.87. The summed E-state index contributed by atoms with van der Waals surface area (Å²) in [7, 11) is 1.82. The molecule has 0 fully saturated rings. The van der Waals surface area contributed by atoms with Crippen molar-refractivity contribution >= 4 is 17.2 Å². The monoisotopic (exact) mass is 458 g/mol. The first-order valence-electron chi connectivity index (χ1n) is 10.9. The van der Waals surface area contributed by atoms with Crippen LogP contribution in [0.5, 0.6) is 11.5 Å². The molecule has 1 unspecified atom stereocenters. The fourth-order valence-electron chi connectivity index (χ4n) is 4.41. The van der Waals surface area contributed by atoms with Crippen molar-refractivity contribution < 1.29 is 14.3 Å². The van der Waals surface area contributed by atoms with Gasteiger partial charge in [0.1, 0.15) is 17.6 Å². The van der Waals surface area contributed by atoms with Crippen molar-refractivity contribution in [2.24, 2.45) is 0 Å². The molecule has 2 aromatic carbocycles. The Morgan fingerprint density at radius 3 is 2.97 bits per heavy atom. The van der Waals surface area contributed by atoms with Crippen LogP contribution in [0.4, 0.5) is 0 Å². The number of para-hydroxylation sites is 1. The van der Waals surface area contributed by atoms with Gasteiger partial charge in [-0.15, -0.1) is 11.3 Å². The standard InChI is InChI=1S/C25H22N4O3S/c1-29(14-18-10-16-4-2-3-5-20(16)32-18)25(30)24-28-23-19-7-6-15(17-12-26-27-13-17)11-21(19)31-9-8-22(23)33-24/h2-7,11-13,18H,8-10,14H2,1H3,(H,26,27). The highest BCUT2D eigenvalue weighted by atomic mass is 32.1. The minimum atomic E-state index is -0.0786. The summed E-state index contributed by atoms with van der Waals surface area (Å²) in [5.74, 6) is 1.61. The van der Waals surface area contributed by atoms with E-state index in [0.717, 1.165) is 51.6 Å². The van der Waals surface area contributed by atoms with E-state index in [2.05, 4.69) is 16.3 Å². The molecular weight excluding hydrogens is 436 g/mol. The molecule has 0 bridgehead atoms. The Labute approximate surface area is 195 Å². The molecule has 2 aliphatic rings. The number of rotatable bonds is 4. The molecule has 33 heavy (non-hydrogen) atoms. The van der Waals surface area contributed by atoms with Gasteiger partial charge >= 0.3 is 0 Å². The highest BCUT2D eigenvalue weighted by Gasteiger charge is 2.28. The molecule has 0 saturated heterocycles. The van der Waals surface area contributed by atoms with Crippen LogP contribution in [0.2, 0.25) is 0 Å². The molecule has 7 nitrogen and oxygen atoms in total. The Morgan fingerprint density at radius 1 is 1.21 bits per heavy atom. The molecule has 0 radical (unpaired) electrons. The van der Waals surface area contributed by atoms with Gasteiger partial charge in [0.15, 0.2) is 5.01 Å². The van der Waals surface area contributed by atoms with Gasteiger partial charge in [-0.2, -0.15) is 5.10 Å². The number of fused-ring (bicyclic) bond motifs is 4. The number of benzene rings is 2. The van der Waals surface area contributed by atoms with Crippen LogP contribution in [0.25, 0.3) is 22.4 Å². The molecule has 1 atom stereocenters. The van der Waals surface area contributed by atoms with Crippen LogP contribution in [-0.2, 0) is 12.8 Å². The van der Waals surface area contributed by atoms with E-state index in [1.54, 1.807) is 11.1 Å². The number of carbonyl (C=O) groups is 1. The van der Waals surface area contributed by atoms with E-state index in [-0.39, 0.29) is 12.0 Å². The van der Waals surface area contributed by atoms with Gasteiger partial charge in [-0.3, -0.25) is 9.89 Å². The average molecular weight is 459 g/mol. The number of nitrogens with zero attached hydrogens (tertiary/aromatic N) is 3. The Morgan fingerprint density at radius 2 is 2.12 bits per heavy atom. The zero-order chi connectivity index (χ0) is 22.4. The predicted molar refractivity (Wildman–Crippen MR) is 126 cm³/mol. The third-order valence-corrected chi connectivity index (χ3v) is 7.18. The third kappa shape index (κ3) is 3.66. The highest BCUT2D eigenvalue weighted by molar-refractivity contribution is 7.14. The number of likely N-dealkylation sites (N-methyl/N-ethyl adjacent to an activating group) is 1. The van der Waals surface area contributed by atoms with Gasteiger partial charge in [0, 0.05) is 42.1 Å². The lowest BCUT2D eigenvalue weighted by Crippen LogP contribution is -2.36. The molecule has 0 saturated carbocycles. The predicted octanol–water partition coefficient (Wildman–Crippen LogP) is 4.21. The summed E-state index contributed by atoms with van der Waals surface area (Å²) in [4.78, 5) is 20.8. The van der Waals surface area contributed by atoms with Crippen molar-refractivity contribution in [2.45, 2.75) is 18.9 Å². The molecule has 8 heteroatoms. The van der Waals surface area contributed by atoms with E-state index in [9.17, 15) is 4.79 Å². The molecule has 2 aromatic heterocycles. The number of thiazole rings is 1. The molecule has 1 N–H and O–H groups in total. The van der Waals surface area contributed by atoms with Gasteiger partial charge < -0.3 is 14.4 Å². The quantitative estimate of drug-likeness (QED) is 0.496. The fourth-order valence-corrected chi connectivity index (χ4v) is 5.46. The van der Waals surface area contributed by atoms with Crippen LogP contribution in [0.15, 0.2) is 54.9 Å². The van der Waals surface area contributed by atoms with Gasteiger partial charge in [0.2, 0.25) is 0 Å². The van der Waals surface area contributed by atoms with Crippen LogP contribution < -0.4 is 9.47 Å². The van der Waals surface area contributed by atoms with E-state index in [1.807, 2.05) is 49.6 Å². The molecule has 0 spiro atoms. The number of nitrogens with one attached hydrogen (secondary N) is 1. The van der Waals surface area contributed by atoms with E-state index < -0.39 is 0 Å². The highest BCUT2D eigenvalue weighted by Crippen LogP contribution is 2.40. The molecule has 166 valence electrons. The van der Waals surface area contributed by atoms with Crippen LogP contribution in [0.3, 0.4) is 0 Å². The van der Waals surface area contributed by atoms with Crippen LogP contribution in [-0.4, -0.2) is 52.3 Å². The summed E-state index contributed by atoms with van der Waals surface area (Å²) in [6.45, 7) is 1.07. The Balaban J connectivity index is 1.23. The third-order valence-electron chi connectivity index (χ3n) is 6.07. The first kappa shape index (κ1) is 20.0. The van der Waals surface area contributed by atoms with Crippen LogP contribution >= 0.6 is 11.3 Å². The number of hydrogen-bond acceptors (Lipinski definition) is 6. The zero-order valence-corrected chi connectivity index (χ0v) is 18.9. The molecule has 4 aromatic rings. The second kappa shape index (κ2) is 8.04. The van der Waals surface area contributed by atoms with Crippen molar-refractivity contribution in [3.8, 4) is 33.9 Å². The molecule has 2 aliphatic heterocycles. The number of carbonyl (C=O) groups excluding carboxylic acids is 1. The first-order chi connectivity index (χ1) is 16.2. The van der Waals surface area contributed by atoms with Crippen molar-refractivity contribution in [1.29, 1.82) is 0 Å². The summed E-state index contributed by atoms with van der Waals surface area (Å²) < 4.78 is 12.0. The van der Waals surface area contributed by atoms with E-state index in [1.165, 1.54) is 16.9 Å². The van der Waals surface area contributed by atoms with E-state index in [0.29, 0.717) is 18.2 Å². The van der Waals surface area contributed by atoms with Gasteiger partial charge in [0.05, 0.1) is 25.0 Å². The second-order valence-electron chi connectivity index (χ2n) is 8.32. The topological polar surface area (TPSA) is 80.3 Å². The maximum absolute atomic E-state index is 13.2. The SMILES string of the molecule is CN(CC1Cc2ccccc2O1)C(=O)c1nc2c(s1)CCOc1cc(-c3cn[nH]c3)ccc1-2. The summed E-state index contributed by atoms with van der Waals surface area (Å²) in [6.07, 6.45) is 5.13. The lowest BCUT2D eigenvalue weighted by atomic mass is 10.0. The molecular formula is C25H22N4O3S. The number of aromatic amines is 1. The number of aromatic nitrogens is 3. The summed E-state index contributed by atoms with van der Waals surface area (Å²) >= 11 is 1.46. The number of H-pyrrole nitrogens is 1. The smallest absolute Gasteiger partial charge is 0.282 e. The summed E-state index contributed by atoms with van der Waals surface area (Å²) in [5, 5.41) is 7.37. The maximum atomic E-state index is 13.2. The normalized spacial score (nSPS) is 16.1. The van der Waals surface area contributed by atoms with Gasteiger partial charge in [0.25, 0.3) is 5.91 Å². The largest absolute Gasteiger partial charge is 0.492 e. The Bertz CT molecular complexity index is 1310. The summed E-state index contributed by atoms with van der Waals surface area (Å²) in [6, 6.07) is 14.1. The van der Waals surface area contributed by atoms with E-state index in [4.69, 9.17) is 14.5 Å². The number of hydrogen-bond donors (Lipinski definition) is 1. The number of ether oxygens (including phenoxy) is 2. The minimum Gasteiger partial charge on any atom is -0.492 e. The molecule has 1 amide bonds. The van der Waals surface area contributed by atoms with Crippen molar-refractivity contribution in [1.82, 2.24) is 20.1 Å². The van der Waals surface area contributed by atoms with Crippen molar-refractivity contribution in [3.63, 3.8) is 0 Å². The van der Waals surface area contributed by atoms with Gasteiger partial charge in [-0.1, -0.05) is 24.3 Å². The second-order valence-corrected chi connectivity index (χ2v) is 9.41. The minimum absolute atomic E-state index is 0.0374. The first-order valence-corrected chi connectivity index (χ1v) is 11.7. The number of amides is 1. The van der Waals surface area contributed by atoms with Crippen molar-refractivity contribution in [2.75, 3.05) is 20.2 Å². The van der Waals surface area contributed by atoms with Crippen molar-refractivity contribution in [3.05, 3.63) is 70.3 Å². The zero-order valence-electron chi connectivity index (χ0n) is 18.1. The Hall–Kier alpha value is -3.65. The van der Waals surface area contributed by atoms with Gasteiger partial charge in [-0.05, 0) is 29.3 Å². The summed E-state index contributed by atoms with van der Waals surface area (Å²) in [5.41, 5.74) is 4.97. The lowest BCUT2D eigenvalue weighted by Gasteiger charge is -2.20. The maximum Gasteiger partial charge on any atom is 0.282 e. The van der Waals surface area contributed by atoms with Gasteiger partial charge in [-0.25, -0.2) is 4.98 Å². The fraction of sp³-hybridized carbons (Fsp3) is 0.240. The average Bonchev–Trinajstić information content (AvgIpc) is 3.56. The molecule has 6 rings (SSSR count). The molecule has 0 aliphatic carbocycles. The lowest BCUT2D eigenvalue weighted by molar-refractivity contribution is 0.0730. The van der Waals surface area contributed by atoms with Crippen LogP contribution in [0, 0.1) is 0 Å². The van der Waals surface area contributed by atoms with E-state index >= 15 is 0 Å².